The molecule has 0 spiro atoms. The van der Waals surface area contributed by atoms with E-state index in [9.17, 15) is 4.79 Å². The zero-order chi connectivity index (χ0) is 12.6. The predicted octanol–water partition coefficient (Wildman–Crippen LogP) is 1.60. The van der Waals surface area contributed by atoms with Crippen LogP contribution in [0.25, 0.3) is 0 Å². The Bertz CT molecular complexity index is 197. The summed E-state index contributed by atoms with van der Waals surface area (Å²) in [6.45, 7) is 6.99. The zero-order valence-corrected chi connectivity index (χ0v) is 11.8. The fourth-order valence-electron chi connectivity index (χ4n) is 1.55. The van der Waals surface area contributed by atoms with E-state index < -0.39 is 15.4 Å². The third-order valence-corrected chi connectivity index (χ3v) is 5.09. The second-order valence-electron chi connectivity index (χ2n) is 3.53. The van der Waals surface area contributed by atoms with Gasteiger partial charge in [-0.2, -0.15) is 0 Å². The van der Waals surface area contributed by atoms with Crippen molar-refractivity contribution in [2.24, 2.45) is 0 Å². The van der Waals surface area contributed by atoms with Crippen LogP contribution in [0.4, 0.5) is 4.79 Å². The average Bonchev–Trinajstić information content (AvgIpc) is 2.24. The summed E-state index contributed by atoms with van der Waals surface area (Å²) in [5.74, 6) is 0. The van der Waals surface area contributed by atoms with Crippen molar-refractivity contribution in [1.82, 2.24) is 4.90 Å². The Kier molecular flexibility index (Phi) is 8.23. The van der Waals surface area contributed by atoms with E-state index in [1.165, 1.54) is 4.90 Å². The Labute approximate surface area is 99.2 Å². The number of carbonyl (C=O) groups is 1. The Hall–Kier alpha value is -0.593. The third kappa shape index (κ3) is 4.96. The molecule has 1 amide bonds. The van der Waals surface area contributed by atoms with Crippen molar-refractivity contribution < 1.29 is 18.8 Å². The van der Waals surface area contributed by atoms with Crippen molar-refractivity contribution in [1.29, 1.82) is 0 Å². The van der Waals surface area contributed by atoms with Gasteiger partial charge >= 0.3 is 15.4 Å². The first kappa shape index (κ1) is 15.4. The molecule has 0 aliphatic heterocycles. The summed E-state index contributed by atoms with van der Waals surface area (Å²) in [7, 11) is -0.351. The van der Waals surface area contributed by atoms with E-state index in [2.05, 4.69) is 0 Å². The van der Waals surface area contributed by atoms with Gasteiger partial charge in [-0.1, -0.05) is 13.3 Å². The normalized spacial score (nSPS) is 12.8. The highest BCUT2D eigenvalue weighted by atomic mass is 28.3. The molecule has 0 aromatic heterocycles. The lowest BCUT2D eigenvalue weighted by atomic mass is 10.3. The molecular weight excluding hydrogens is 226 g/mol. The highest BCUT2D eigenvalue weighted by Crippen LogP contribution is 2.11. The number of rotatable bonds is 8. The van der Waals surface area contributed by atoms with Gasteiger partial charge in [-0.3, -0.25) is 0 Å². The lowest BCUT2D eigenvalue weighted by molar-refractivity contribution is 0.127. The van der Waals surface area contributed by atoms with Crippen LogP contribution in [0.3, 0.4) is 0 Å². The molecule has 0 heterocycles. The Morgan fingerprint density at radius 1 is 1.31 bits per heavy atom. The molecule has 96 valence electrons. The number of carboxylic acid groups (broad SMARTS) is 1. The molecule has 0 aromatic rings. The maximum absolute atomic E-state index is 11.0. The monoisotopic (exact) mass is 249 g/mol. The van der Waals surface area contributed by atoms with Crippen molar-refractivity contribution >= 4 is 15.4 Å². The van der Waals surface area contributed by atoms with Gasteiger partial charge in [0.25, 0.3) is 0 Å². The zero-order valence-electron chi connectivity index (χ0n) is 10.6. The van der Waals surface area contributed by atoms with E-state index in [0.29, 0.717) is 13.2 Å². The van der Waals surface area contributed by atoms with E-state index in [1.807, 2.05) is 20.8 Å². The van der Waals surface area contributed by atoms with Gasteiger partial charge in [0, 0.05) is 20.3 Å². The number of hydrogen-bond acceptors (Lipinski definition) is 3. The van der Waals surface area contributed by atoms with E-state index in [-0.39, 0.29) is 5.67 Å². The SMILES string of the molecule is CCCC(N(C)C(=O)O)[SiH](OCC)OCC. The van der Waals surface area contributed by atoms with Gasteiger partial charge in [-0.15, -0.1) is 0 Å². The van der Waals surface area contributed by atoms with Gasteiger partial charge in [0.15, 0.2) is 0 Å². The molecule has 0 aliphatic carbocycles. The van der Waals surface area contributed by atoms with Crippen LogP contribution in [-0.2, 0) is 8.85 Å². The predicted molar refractivity (Wildman–Crippen MR) is 64.9 cm³/mol. The van der Waals surface area contributed by atoms with Crippen LogP contribution in [0, 0.1) is 0 Å². The van der Waals surface area contributed by atoms with E-state index in [0.717, 1.165) is 12.8 Å². The van der Waals surface area contributed by atoms with Gasteiger partial charge in [0.2, 0.25) is 0 Å². The van der Waals surface area contributed by atoms with Crippen LogP contribution in [-0.4, -0.2) is 51.3 Å². The van der Waals surface area contributed by atoms with E-state index in [4.69, 9.17) is 14.0 Å². The van der Waals surface area contributed by atoms with Crippen molar-refractivity contribution in [3.05, 3.63) is 0 Å². The molecule has 0 rings (SSSR count). The van der Waals surface area contributed by atoms with Crippen LogP contribution in [0.1, 0.15) is 33.6 Å². The number of hydrogen-bond donors (Lipinski definition) is 1. The van der Waals surface area contributed by atoms with E-state index >= 15 is 0 Å². The molecule has 6 heteroatoms. The minimum Gasteiger partial charge on any atom is -0.465 e. The molecule has 1 atom stereocenters. The molecule has 0 aliphatic rings. The molecule has 0 saturated carbocycles. The molecule has 0 radical (unpaired) electrons. The van der Waals surface area contributed by atoms with Gasteiger partial charge in [0.05, 0.1) is 5.67 Å². The Balaban J connectivity index is 4.60. The fraction of sp³-hybridized carbons (Fsp3) is 0.900. The number of nitrogens with zero attached hydrogens (tertiary/aromatic N) is 1. The third-order valence-electron chi connectivity index (χ3n) is 2.36. The molecule has 1 unspecified atom stereocenters. The minimum atomic E-state index is -1.94. The topological polar surface area (TPSA) is 59.0 Å². The van der Waals surface area contributed by atoms with Crippen molar-refractivity contribution in [3.8, 4) is 0 Å². The largest absolute Gasteiger partial charge is 0.465 e. The molecule has 0 bridgehead atoms. The minimum absolute atomic E-state index is 0.109. The van der Waals surface area contributed by atoms with Crippen molar-refractivity contribution in [2.45, 2.75) is 39.3 Å². The molecular formula is C10H23NO4Si. The summed E-state index contributed by atoms with van der Waals surface area (Å²) in [5, 5.41) is 9.00. The first-order chi connectivity index (χ1) is 7.58. The maximum atomic E-state index is 11.0. The van der Waals surface area contributed by atoms with Crippen molar-refractivity contribution in [2.75, 3.05) is 20.3 Å². The van der Waals surface area contributed by atoms with Crippen LogP contribution in [0.5, 0.6) is 0 Å². The molecule has 0 aromatic carbocycles. The summed E-state index contributed by atoms with van der Waals surface area (Å²) >= 11 is 0. The standard InChI is InChI=1S/C10H23NO4Si/c1-5-8-9(11(4)10(12)13)16(14-6-2)15-7-3/h9,16H,5-8H2,1-4H3,(H,12,13). The lowest BCUT2D eigenvalue weighted by Gasteiger charge is -2.30. The molecule has 0 saturated heterocycles. The summed E-state index contributed by atoms with van der Waals surface area (Å²) in [4.78, 5) is 12.3. The lowest BCUT2D eigenvalue weighted by Crippen LogP contribution is -2.49. The highest BCUT2D eigenvalue weighted by molar-refractivity contribution is 6.46. The molecule has 5 nitrogen and oxygen atoms in total. The van der Waals surface area contributed by atoms with Crippen LogP contribution in [0.2, 0.25) is 0 Å². The van der Waals surface area contributed by atoms with Gasteiger partial charge in [-0.05, 0) is 20.3 Å². The Morgan fingerprint density at radius 2 is 1.81 bits per heavy atom. The average molecular weight is 249 g/mol. The second kappa shape index (κ2) is 8.55. The fourth-order valence-corrected chi connectivity index (χ4v) is 3.84. The smallest absolute Gasteiger partial charge is 0.407 e. The van der Waals surface area contributed by atoms with Crippen LogP contribution >= 0.6 is 0 Å². The number of amides is 1. The van der Waals surface area contributed by atoms with Gasteiger partial charge in [-0.25, -0.2) is 4.79 Å². The maximum Gasteiger partial charge on any atom is 0.407 e. The quantitative estimate of drug-likeness (QED) is 0.664. The second-order valence-corrected chi connectivity index (χ2v) is 5.70. The summed E-state index contributed by atoms with van der Waals surface area (Å²) < 4.78 is 11.2. The molecule has 1 N–H and O–H groups in total. The van der Waals surface area contributed by atoms with Crippen molar-refractivity contribution in [3.63, 3.8) is 0 Å². The van der Waals surface area contributed by atoms with Crippen LogP contribution in [0.15, 0.2) is 0 Å². The summed E-state index contributed by atoms with van der Waals surface area (Å²) in [6.07, 6.45) is 0.793. The summed E-state index contributed by atoms with van der Waals surface area (Å²) in [5.41, 5.74) is -0.109. The molecule has 16 heavy (non-hydrogen) atoms. The highest BCUT2D eigenvalue weighted by Gasteiger charge is 2.31. The van der Waals surface area contributed by atoms with Gasteiger partial charge in [0.1, 0.15) is 0 Å². The Morgan fingerprint density at radius 3 is 2.12 bits per heavy atom. The first-order valence-electron chi connectivity index (χ1n) is 5.77. The first-order valence-corrected chi connectivity index (χ1v) is 7.38. The van der Waals surface area contributed by atoms with Gasteiger partial charge < -0.3 is 18.9 Å². The molecule has 0 fully saturated rings. The van der Waals surface area contributed by atoms with E-state index in [1.54, 1.807) is 7.05 Å². The van der Waals surface area contributed by atoms with Crippen LogP contribution < -0.4 is 0 Å². The summed E-state index contributed by atoms with van der Waals surface area (Å²) in [6, 6.07) is 0.